The minimum atomic E-state index is -3.39. The van der Waals surface area contributed by atoms with Crippen LogP contribution in [0.3, 0.4) is 0 Å². The number of hydrogen-bond acceptors (Lipinski definition) is 5. The average molecular weight is 449 g/mol. The molecular weight excluding hydrogens is 427 g/mol. The van der Waals surface area contributed by atoms with Crippen molar-refractivity contribution in [2.24, 2.45) is 0 Å². The van der Waals surface area contributed by atoms with Crippen molar-refractivity contribution in [1.29, 1.82) is 0 Å². The second kappa shape index (κ2) is 10.1. The van der Waals surface area contributed by atoms with E-state index in [0.29, 0.717) is 41.7 Å². The van der Waals surface area contributed by atoms with Crippen LogP contribution >= 0.6 is 23.2 Å². The first-order valence-corrected chi connectivity index (χ1v) is 11.2. The number of amides is 2. The number of hydrogen-bond donors (Lipinski definition) is 1. The van der Waals surface area contributed by atoms with Gasteiger partial charge in [0.15, 0.2) is 16.4 Å². The molecule has 1 aliphatic rings. The number of rotatable bonds is 8. The van der Waals surface area contributed by atoms with Crippen LogP contribution in [0.15, 0.2) is 30.2 Å². The molecule has 1 N–H and O–H groups in total. The number of sulfone groups is 1. The number of carbonyl (C=O) groups excluding carboxylic acids is 2. The van der Waals surface area contributed by atoms with Crippen molar-refractivity contribution >= 4 is 44.9 Å². The van der Waals surface area contributed by atoms with Crippen molar-refractivity contribution in [3.8, 4) is 5.75 Å². The van der Waals surface area contributed by atoms with Crippen molar-refractivity contribution in [3.05, 3.63) is 40.2 Å². The lowest BCUT2D eigenvalue weighted by atomic mass is 10.0. The van der Waals surface area contributed by atoms with Crippen LogP contribution in [0.1, 0.15) is 19.3 Å². The third-order valence-corrected chi connectivity index (χ3v) is 6.14. The molecule has 2 rings (SSSR count). The van der Waals surface area contributed by atoms with E-state index >= 15 is 0 Å². The van der Waals surface area contributed by atoms with E-state index in [-0.39, 0.29) is 36.6 Å². The molecule has 154 valence electrons. The number of benzene rings is 1. The molecule has 0 aliphatic carbocycles. The Hall–Kier alpha value is -1.77. The Morgan fingerprint density at radius 2 is 1.96 bits per heavy atom. The summed E-state index contributed by atoms with van der Waals surface area (Å²) >= 11 is 11.8. The van der Waals surface area contributed by atoms with Gasteiger partial charge in [-0.2, -0.15) is 0 Å². The van der Waals surface area contributed by atoms with Gasteiger partial charge in [-0.3, -0.25) is 9.59 Å². The first-order chi connectivity index (χ1) is 13.2. The highest BCUT2D eigenvalue weighted by Gasteiger charge is 2.24. The van der Waals surface area contributed by atoms with Crippen LogP contribution < -0.4 is 10.1 Å². The minimum absolute atomic E-state index is 0.0883. The zero-order valence-electron chi connectivity index (χ0n) is 15.2. The second-order valence-corrected chi connectivity index (χ2v) is 9.28. The minimum Gasteiger partial charge on any atom is -0.482 e. The zero-order valence-corrected chi connectivity index (χ0v) is 17.5. The fourth-order valence-corrected chi connectivity index (χ4v) is 3.81. The van der Waals surface area contributed by atoms with Crippen LogP contribution in [0.2, 0.25) is 10.0 Å². The summed E-state index contributed by atoms with van der Waals surface area (Å²) in [5, 5.41) is 4.47. The van der Waals surface area contributed by atoms with E-state index in [1.54, 1.807) is 17.0 Å². The smallest absolute Gasteiger partial charge is 0.260 e. The van der Waals surface area contributed by atoms with E-state index in [1.165, 1.54) is 6.07 Å². The molecule has 28 heavy (non-hydrogen) atoms. The summed E-state index contributed by atoms with van der Waals surface area (Å²) in [7, 11) is -3.39. The van der Waals surface area contributed by atoms with Gasteiger partial charge in [0.1, 0.15) is 5.75 Å². The molecule has 1 saturated heterocycles. The molecule has 1 aliphatic heterocycles. The fraction of sp³-hybridized carbons (Fsp3) is 0.444. The third-order valence-electron chi connectivity index (χ3n) is 4.33. The summed E-state index contributed by atoms with van der Waals surface area (Å²) in [6.07, 6.45) is 1.07. The molecule has 0 aromatic heterocycles. The molecule has 1 heterocycles. The van der Waals surface area contributed by atoms with Crippen LogP contribution in [-0.4, -0.2) is 56.6 Å². The normalized spacial score (nSPS) is 15.1. The van der Waals surface area contributed by atoms with Gasteiger partial charge >= 0.3 is 0 Å². The largest absolute Gasteiger partial charge is 0.482 e. The van der Waals surface area contributed by atoms with Crippen LogP contribution in [0.4, 0.5) is 0 Å². The van der Waals surface area contributed by atoms with Crippen molar-refractivity contribution < 1.29 is 22.7 Å². The lowest BCUT2D eigenvalue weighted by molar-refractivity contribution is -0.134. The maximum Gasteiger partial charge on any atom is 0.260 e. The van der Waals surface area contributed by atoms with E-state index in [4.69, 9.17) is 27.9 Å². The van der Waals surface area contributed by atoms with Crippen LogP contribution in [0.25, 0.3) is 0 Å². The third kappa shape index (κ3) is 7.00. The van der Waals surface area contributed by atoms with Crippen molar-refractivity contribution in [1.82, 2.24) is 10.2 Å². The SMILES string of the molecule is C=CS(=O)(=O)CCC(=O)NC1CCN(C(=O)COc2ccc(Cl)cc2Cl)CC1. The average Bonchev–Trinajstić information content (AvgIpc) is 2.66. The quantitative estimate of drug-likeness (QED) is 0.658. The maximum absolute atomic E-state index is 12.3. The molecular formula is C18H22Cl2N2O5S. The predicted molar refractivity (Wildman–Crippen MR) is 108 cm³/mol. The summed E-state index contributed by atoms with van der Waals surface area (Å²) in [4.78, 5) is 25.8. The Kier molecular flexibility index (Phi) is 8.15. The Morgan fingerprint density at radius 1 is 1.29 bits per heavy atom. The van der Waals surface area contributed by atoms with Gasteiger partial charge in [-0.1, -0.05) is 29.8 Å². The molecule has 7 nitrogen and oxygen atoms in total. The molecule has 0 radical (unpaired) electrons. The molecule has 1 aromatic carbocycles. The summed E-state index contributed by atoms with van der Waals surface area (Å²) in [5.41, 5.74) is 0. The van der Waals surface area contributed by atoms with Crippen LogP contribution in [0.5, 0.6) is 5.75 Å². The van der Waals surface area contributed by atoms with Crippen molar-refractivity contribution in [3.63, 3.8) is 0 Å². The van der Waals surface area contributed by atoms with Crippen LogP contribution in [0, 0.1) is 0 Å². The lowest BCUT2D eigenvalue weighted by Gasteiger charge is -2.32. The molecule has 2 amide bonds. The zero-order chi connectivity index (χ0) is 20.7. The lowest BCUT2D eigenvalue weighted by Crippen LogP contribution is -2.47. The second-order valence-electron chi connectivity index (χ2n) is 6.37. The monoisotopic (exact) mass is 448 g/mol. The highest BCUT2D eigenvalue weighted by atomic mass is 35.5. The number of ether oxygens (including phenoxy) is 1. The number of piperidine rings is 1. The van der Waals surface area contributed by atoms with Gasteiger partial charge in [0, 0.05) is 36.0 Å². The van der Waals surface area contributed by atoms with E-state index in [9.17, 15) is 18.0 Å². The van der Waals surface area contributed by atoms with E-state index in [2.05, 4.69) is 11.9 Å². The van der Waals surface area contributed by atoms with Gasteiger partial charge in [-0.05, 0) is 31.0 Å². The number of nitrogens with one attached hydrogen (secondary N) is 1. The molecule has 0 spiro atoms. The van der Waals surface area contributed by atoms with Gasteiger partial charge in [-0.25, -0.2) is 8.42 Å². The van der Waals surface area contributed by atoms with Gasteiger partial charge < -0.3 is 15.0 Å². The highest BCUT2D eigenvalue weighted by Crippen LogP contribution is 2.27. The van der Waals surface area contributed by atoms with Crippen molar-refractivity contribution in [2.45, 2.75) is 25.3 Å². The first-order valence-electron chi connectivity index (χ1n) is 8.70. The van der Waals surface area contributed by atoms with Crippen LogP contribution in [-0.2, 0) is 19.4 Å². The molecule has 0 saturated carbocycles. The van der Waals surface area contributed by atoms with E-state index in [0.717, 1.165) is 5.41 Å². The molecule has 1 aromatic rings. The highest BCUT2D eigenvalue weighted by molar-refractivity contribution is 7.94. The topological polar surface area (TPSA) is 92.8 Å². The summed E-state index contributed by atoms with van der Waals surface area (Å²) in [5.74, 6) is -0.371. The number of nitrogens with zero attached hydrogens (tertiary/aromatic N) is 1. The van der Waals surface area contributed by atoms with E-state index < -0.39 is 9.84 Å². The van der Waals surface area contributed by atoms with Gasteiger partial charge in [0.25, 0.3) is 5.91 Å². The molecule has 1 fully saturated rings. The first kappa shape index (κ1) is 22.5. The van der Waals surface area contributed by atoms with Gasteiger partial charge in [0.05, 0.1) is 10.8 Å². The van der Waals surface area contributed by atoms with E-state index in [1.807, 2.05) is 0 Å². The number of likely N-dealkylation sites (tertiary alicyclic amines) is 1. The van der Waals surface area contributed by atoms with Gasteiger partial charge in [0.2, 0.25) is 5.91 Å². The van der Waals surface area contributed by atoms with Gasteiger partial charge in [-0.15, -0.1) is 0 Å². The Labute approximate surface area is 174 Å². The standard InChI is InChI=1S/C18H22Cl2N2O5S/c1-2-28(25,26)10-7-17(23)21-14-5-8-22(9-6-14)18(24)12-27-16-4-3-13(19)11-15(16)20/h2-4,11,14H,1,5-10,12H2,(H,21,23). The predicted octanol–water partition coefficient (Wildman–Crippen LogP) is 2.43. The van der Waals surface area contributed by atoms with Crippen molar-refractivity contribution in [2.75, 3.05) is 25.4 Å². The number of carbonyl (C=O) groups is 2. The molecule has 0 unspecified atom stereocenters. The Bertz CT molecular complexity index is 836. The Morgan fingerprint density at radius 3 is 2.57 bits per heavy atom. The number of halogens is 2. The summed E-state index contributed by atoms with van der Waals surface area (Å²) in [6, 6.07) is 4.68. The molecule has 0 bridgehead atoms. The molecule has 0 atom stereocenters. The Balaban J connectivity index is 1.73. The summed E-state index contributed by atoms with van der Waals surface area (Å²) < 4.78 is 28.1. The fourth-order valence-electron chi connectivity index (χ4n) is 2.71. The summed E-state index contributed by atoms with van der Waals surface area (Å²) in [6.45, 7) is 4.03. The molecule has 10 heteroatoms. The maximum atomic E-state index is 12.3.